The van der Waals surface area contributed by atoms with Gasteiger partial charge in [0.1, 0.15) is 0 Å². The van der Waals surface area contributed by atoms with Crippen LogP contribution in [0.3, 0.4) is 0 Å². The molecule has 16 heavy (non-hydrogen) atoms. The maximum atomic E-state index is 11.5. The number of anilines is 1. The maximum Gasteiger partial charge on any atom is 0.357 e. The van der Waals surface area contributed by atoms with Crippen LogP contribution in [0.5, 0.6) is 0 Å². The predicted molar refractivity (Wildman–Crippen MR) is 59.4 cm³/mol. The fourth-order valence-electron chi connectivity index (χ4n) is 1.13. The van der Waals surface area contributed by atoms with Crippen molar-refractivity contribution in [3.05, 3.63) is 11.1 Å². The third kappa shape index (κ3) is 3.03. The Balaban J connectivity index is 1.89. The van der Waals surface area contributed by atoms with Crippen molar-refractivity contribution in [3.63, 3.8) is 0 Å². The minimum Gasteiger partial charge on any atom is -0.461 e. The van der Waals surface area contributed by atoms with Crippen molar-refractivity contribution in [2.75, 3.05) is 11.9 Å². The summed E-state index contributed by atoms with van der Waals surface area (Å²) in [5.41, 5.74) is 0.259. The Morgan fingerprint density at radius 3 is 3.00 bits per heavy atom. The van der Waals surface area contributed by atoms with Crippen molar-refractivity contribution >= 4 is 28.3 Å². The van der Waals surface area contributed by atoms with E-state index in [9.17, 15) is 9.59 Å². The van der Waals surface area contributed by atoms with E-state index in [1.807, 2.05) is 0 Å². The number of hydrogen-bond donors (Lipinski definition) is 1. The smallest absolute Gasteiger partial charge is 0.357 e. The van der Waals surface area contributed by atoms with E-state index >= 15 is 0 Å². The van der Waals surface area contributed by atoms with Crippen LogP contribution in [-0.4, -0.2) is 23.5 Å². The van der Waals surface area contributed by atoms with Crippen molar-refractivity contribution in [1.82, 2.24) is 4.98 Å². The van der Waals surface area contributed by atoms with E-state index in [1.54, 1.807) is 5.38 Å². The third-order valence-electron chi connectivity index (χ3n) is 2.14. The molecule has 0 spiro atoms. The van der Waals surface area contributed by atoms with E-state index < -0.39 is 5.97 Å². The number of esters is 1. The minimum atomic E-state index is -0.417. The number of carbonyl (C=O) groups excluding carboxylic acids is 2. The molecule has 0 bridgehead atoms. The molecule has 1 amide bonds. The van der Waals surface area contributed by atoms with Crippen molar-refractivity contribution in [3.8, 4) is 0 Å². The zero-order chi connectivity index (χ0) is 11.5. The van der Waals surface area contributed by atoms with Gasteiger partial charge in [-0.1, -0.05) is 0 Å². The van der Waals surface area contributed by atoms with Crippen LogP contribution in [0.25, 0.3) is 0 Å². The second-order valence-corrected chi connectivity index (χ2v) is 4.62. The van der Waals surface area contributed by atoms with Gasteiger partial charge in [0.15, 0.2) is 10.8 Å². The number of amides is 1. The van der Waals surface area contributed by atoms with Gasteiger partial charge in [0, 0.05) is 12.3 Å². The molecule has 1 saturated carbocycles. The summed E-state index contributed by atoms with van der Waals surface area (Å²) in [6, 6.07) is 0. The number of rotatable bonds is 4. The van der Waals surface area contributed by atoms with Gasteiger partial charge in [0.25, 0.3) is 0 Å². The standard InChI is InChI=1S/C10H12N2O3S/c1-6(13)11-10-12-8(5-16-10)9(14)15-4-7-2-3-7/h5,7H,2-4H2,1H3,(H,11,12,13). The SMILES string of the molecule is CC(=O)Nc1nc(C(=O)OCC2CC2)cs1. The normalized spacial score (nSPS) is 14.6. The van der Waals surface area contributed by atoms with Crippen LogP contribution in [0.2, 0.25) is 0 Å². The first-order valence-corrected chi connectivity index (χ1v) is 5.93. The highest BCUT2D eigenvalue weighted by molar-refractivity contribution is 7.14. The molecule has 1 fully saturated rings. The van der Waals surface area contributed by atoms with Gasteiger partial charge in [0.2, 0.25) is 5.91 Å². The Hall–Kier alpha value is -1.43. The Morgan fingerprint density at radius 1 is 1.62 bits per heavy atom. The Morgan fingerprint density at radius 2 is 2.38 bits per heavy atom. The van der Waals surface area contributed by atoms with Gasteiger partial charge in [-0.2, -0.15) is 0 Å². The first kappa shape index (κ1) is 11.1. The van der Waals surface area contributed by atoms with Gasteiger partial charge in [-0.3, -0.25) is 4.79 Å². The molecule has 1 aliphatic carbocycles. The molecule has 1 aromatic rings. The van der Waals surface area contributed by atoms with Crippen LogP contribution >= 0.6 is 11.3 Å². The molecule has 1 heterocycles. The van der Waals surface area contributed by atoms with Crippen molar-refractivity contribution in [1.29, 1.82) is 0 Å². The summed E-state index contributed by atoms with van der Waals surface area (Å²) in [6.07, 6.45) is 2.28. The molecule has 86 valence electrons. The number of ether oxygens (including phenoxy) is 1. The van der Waals surface area contributed by atoms with Crippen LogP contribution in [-0.2, 0) is 9.53 Å². The second kappa shape index (κ2) is 4.61. The third-order valence-corrected chi connectivity index (χ3v) is 2.90. The fourth-order valence-corrected chi connectivity index (χ4v) is 1.85. The molecule has 0 atom stereocenters. The summed E-state index contributed by atoms with van der Waals surface area (Å²) >= 11 is 1.21. The molecule has 0 aromatic carbocycles. The topological polar surface area (TPSA) is 68.3 Å². The van der Waals surface area contributed by atoms with Crippen LogP contribution in [0.1, 0.15) is 30.3 Å². The van der Waals surface area contributed by atoms with Crippen molar-refractivity contribution in [2.45, 2.75) is 19.8 Å². The number of nitrogens with one attached hydrogen (secondary N) is 1. The largest absolute Gasteiger partial charge is 0.461 e. The number of nitrogens with zero attached hydrogens (tertiary/aromatic N) is 1. The van der Waals surface area contributed by atoms with E-state index in [2.05, 4.69) is 10.3 Å². The maximum absolute atomic E-state index is 11.5. The first-order chi connectivity index (χ1) is 7.65. The van der Waals surface area contributed by atoms with Gasteiger partial charge < -0.3 is 10.1 Å². The summed E-state index contributed by atoms with van der Waals surface area (Å²) < 4.78 is 5.06. The highest BCUT2D eigenvalue weighted by Crippen LogP contribution is 2.29. The van der Waals surface area contributed by atoms with Crippen LogP contribution in [0.15, 0.2) is 5.38 Å². The molecule has 0 radical (unpaired) electrons. The summed E-state index contributed by atoms with van der Waals surface area (Å²) in [5.74, 6) is -0.0793. The average Bonchev–Trinajstić information content (AvgIpc) is 2.94. The van der Waals surface area contributed by atoms with Crippen LogP contribution in [0.4, 0.5) is 5.13 Å². The molecular weight excluding hydrogens is 228 g/mol. The minimum absolute atomic E-state index is 0.202. The van der Waals surface area contributed by atoms with E-state index in [-0.39, 0.29) is 11.6 Å². The summed E-state index contributed by atoms with van der Waals surface area (Å²) in [7, 11) is 0. The molecule has 1 N–H and O–H groups in total. The number of carbonyl (C=O) groups is 2. The zero-order valence-electron chi connectivity index (χ0n) is 8.86. The highest BCUT2D eigenvalue weighted by Gasteiger charge is 2.24. The molecule has 0 unspecified atom stereocenters. The fraction of sp³-hybridized carbons (Fsp3) is 0.500. The summed E-state index contributed by atoms with van der Waals surface area (Å²) in [5, 5.41) is 4.52. The van der Waals surface area contributed by atoms with E-state index in [0.29, 0.717) is 17.7 Å². The molecule has 0 saturated heterocycles. The zero-order valence-corrected chi connectivity index (χ0v) is 9.67. The van der Waals surface area contributed by atoms with Gasteiger partial charge in [-0.15, -0.1) is 11.3 Å². The Bertz CT molecular complexity index is 412. The van der Waals surface area contributed by atoms with Gasteiger partial charge in [-0.05, 0) is 18.8 Å². The highest BCUT2D eigenvalue weighted by atomic mass is 32.1. The lowest BCUT2D eigenvalue weighted by Gasteiger charge is -1.99. The Kier molecular flexibility index (Phi) is 3.19. The van der Waals surface area contributed by atoms with Gasteiger partial charge in [-0.25, -0.2) is 9.78 Å². The molecule has 2 rings (SSSR count). The number of hydrogen-bond acceptors (Lipinski definition) is 5. The number of aromatic nitrogens is 1. The Labute approximate surface area is 96.8 Å². The second-order valence-electron chi connectivity index (χ2n) is 3.76. The number of thiazole rings is 1. The lowest BCUT2D eigenvalue weighted by molar-refractivity contribution is -0.114. The molecule has 1 aromatic heterocycles. The van der Waals surface area contributed by atoms with E-state index in [4.69, 9.17) is 4.74 Å². The predicted octanol–water partition coefficient (Wildman–Crippen LogP) is 1.67. The molecule has 0 aliphatic heterocycles. The van der Waals surface area contributed by atoms with Gasteiger partial charge >= 0.3 is 5.97 Å². The molecule has 1 aliphatic rings. The van der Waals surface area contributed by atoms with Gasteiger partial charge in [0.05, 0.1) is 6.61 Å². The quantitative estimate of drug-likeness (QED) is 0.813. The summed E-state index contributed by atoms with van der Waals surface area (Å²) in [4.78, 5) is 26.2. The van der Waals surface area contributed by atoms with Crippen molar-refractivity contribution in [2.24, 2.45) is 5.92 Å². The average molecular weight is 240 g/mol. The molecule has 6 heteroatoms. The lowest BCUT2D eigenvalue weighted by atomic mass is 10.4. The van der Waals surface area contributed by atoms with Crippen molar-refractivity contribution < 1.29 is 14.3 Å². The van der Waals surface area contributed by atoms with E-state index in [0.717, 1.165) is 12.8 Å². The van der Waals surface area contributed by atoms with Crippen LogP contribution < -0.4 is 5.32 Å². The van der Waals surface area contributed by atoms with Crippen LogP contribution in [0, 0.1) is 5.92 Å². The molecular formula is C10H12N2O3S. The monoisotopic (exact) mass is 240 g/mol. The lowest BCUT2D eigenvalue weighted by Crippen LogP contribution is -2.09. The van der Waals surface area contributed by atoms with E-state index in [1.165, 1.54) is 18.3 Å². The first-order valence-electron chi connectivity index (χ1n) is 5.05. The summed E-state index contributed by atoms with van der Waals surface area (Å²) in [6.45, 7) is 1.87. The molecule has 5 nitrogen and oxygen atoms in total.